The molecule has 2 aromatic rings. The van der Waals surface area contributed by atoms with E-state index in [9.17, 15) is 8.78 Å². The molecule has 1 aliphatic heterocycles. The van der Waals surface area contributed by atoms with Crippen LogP contribution < -0.4 is 5.32 Å². The van der Waals surface area contributed by atoms with Crippen LogP contribution in [0, 0.1) is 23.0 Å². The second-order valence-corrected chi connectivity index (χ2v) is 5.43. The van der Waals surface area contributed by atoms with E-state index >= 15 is 0 Å². The van der Waals surface area contributed by atoms with E-state index in [-0.39, 0.29) is 32.2 Å². The summed E-state index contributed by atoms with van der Waals surface area (Å²) in [4.78, 5) is 0. The second-order valence-electron chi connectivity index (χ2n) is 4.32. The van der Waals surface area contributed by atoms with Crippen molar-refractivity contribution in [1.29, 1.82) is 5.26 Å². The van der Waals surface area contributed by atoms with Crippen LogP contribution in [0.4, 0.5) is 25.8 Å². The quantitative estimate of drug-likeness (QED) is 0.731. The van der Waals surface area contributed by atoms with Crippen LogP contribution in [0.1, 0.15) is 11.1 Å². The van der Waals surface area contributed by atoms with Crippen molar-refractivity contribution in [2.45, 2.75) is 6.54 Å². The number of rotatable bonds is 3. The number of anilines is 1. The molecule has 1 N–H and O–H groups in total. The Morgan fingerprint density at radius 2 is 1.95 bits per heavy atom. The van der Waals surface area contributed by atoms with E-state index in [2.05, 4.69) is 13.2 Å². The Hall–Kier alpha value is -2.29. The van der Waals surface area contributed by atoms with Gasteiger partial charge in [-0.3, -0.25) is 0 Å². The molecule has 0 spiro atoms. The molecule has 0 saturated carbocycles. The van der Waals surface area contributed by atoms with E-state index in [0.29, 0.717) is 5.69 Å². The first-order valence-electron chi connectivity index (χ1n) is 6.02. The number of nitriles is 1. The Morgan fingerprint density at radius 1 is 1.19 bits per heavy atom. The second kappa shape index (κ2) is 5.60. The molecule has 0 aromatic heterocycles. The van der Waals surface area contributed by atoms with Crippen LogP contribution in [-0.2, 0) is 6.54 Å². The van der Waals surface area contributed by atoms with Gasteiger partial charge >= 0.3 is 125 Å². The zero-order valence-electron chi connectivity index (χ0n) is 10.6. The van der Waals surface area contributed by atoms with Gasteiger partial charge in [-0.15, -0.1) is 0 Å². The van der Waals surface area contributed by atoms with Crippen LogP contribution in [0.3, 0.4) is 0 Å². The first kappa shape index (κ1) is 13.7. The molecule has 7 heteroatoms. The SMILES string of the molecule is N#Cc1cc(F)c(CNc2cccc3c2N=[Se]=N3)c(F)c1. The van der Waals surface area contributed by atoms with Gasteiger partial charge in [0.05, 0.1) is 0 Å². The average molecular weight is 349 g/mol. The third kappa shape index (κ3) is 2.64. The molecule has 0 unspecified atom stereocenters. The maximum absolute atomic E-state index is 13.8. The Bertz CT molecular complexity index is 812. The van der Waals surface area contributed by atoms with Gasteiger partial charge in [-0.1, -0.05) is 0 Å². The summed E-state index contributed by atoms with van der Waals surface area (Å²) in [6.45, 7) is -0.0254. The minimum absolute atomic E-state index is 0.0254. The van der Waals surface area contributed by atoms with Gasteiger partial charge in [-0.05, 0) is 0 Å². The third-order valence-electron chi connectivity index (χ3n) is 3.01. The molecule has 0 fully saturated rings. The zero-order chi connectivity index (χ0) is 14.8. The molecule has 0 atom stereocenters. The van der Waals surface area contributed by atoms with E-state index in [1.165, 1.54) is 0 Å². The van der Waals surface area contributed by atoms with E-state index in [1.54, 1.807) is 12.1 Å². The van der Waals surface area contributed by atoms with Gasteiger partial charge in [0.25, 0.3) is 0 Å². The third-order valence-corrected chi connectivity index (χ3v) is 4.15. The van der Waals surface area contributed by atoms with Crippen LogP contribution in [0.15, 0.2) is 38.3 Å². The molecule has 3 rings (SSSR count). The number of hydrogen-bond donors (Lipinski definition) is 1. The molecule has 104 valence electrons. The van der Waals surface area contributed by atoms with Crippen molar-refractivity contribution in [3.63, 3.8) is 0 Å². The molecule has 0 aliphatic carbocycles. The number of nitrogens with one attached hydrogen (secondary N) is 1. The molecular weight excluding hydrogens is 341 g/mol. The fraction of sp³-hybridized carbons (Fsp3) is 0.0714. The first-order valence-corrected chi connectivity index (χ1v) is 7.55. The van der Waals surface area contributed by atoms with Crippen LogP contribution in [0.5, 0.6) is 0 Å². The Kier molecular flexibility index (Phi) is 3.65. The van der Waals surface area contributed by atoms with Crippen LogP contribution in [0.2, 0.25) is 0 Å². The van der Waals surface area contributed by atoms with E-state index in [4.69, 9.17) is 5.26 Å². The summed E-state index contributed by atoms with van der Waals surface area (Å²) in [6, 6.07) is 9.22. The summed E-state index contributed by atoms with van der Waals surface area (Å²) in [5.74, 6) is -1.48. The number of benzene rings is 2. The summed E-state index contributed by atoms with van der Waals surface area (Å²) in [6.07, 6.45) is 0. The molecule has 1 heterocycles. The van der Waals surface area contributed by atoms with E-state index < -0.39 is 11.6 Å². The molecule has 21 heavy (non-hydrogen) atoms. The van der Waals surface area contributed by atoms with Crippen molar-refractivity contribution in [3.05, 3.63) is 53.1 Å². The van der Waals surface area contributed by atoms with Gasteiger partial charge in [-0.25, -0.2) is 0 Å². The molecular formula is C14H8F2N4Se. The molecule has 0 radical (unpaired) electrons. The normalized spacial score (nSPS) is 11.7. The number of fused-ring (bicyclic) bond motifs is 1. The van der Waals surface area contributed by atoms with Crippen molar-refractivity contribution in [2.24, 2.45) is 7.92 Å². The van der Waals surface area contributed by atoms with Crippen molar-refractivity contribution in [2.75, 3.05) is 5.32 Å². The Labute approximate surface area is 125 Å². The van der Waals surface area contributed by atoms with Crippen molar-refractivity contribution in [3.8, 4) is 6.07 Å². The van der Waals surface area contributed by atoms with E-state index in [1.807, 2.05) is 12.1 Å². The van der Waals surface area contributed by atoms with Crippen molar-refractivity contribution in [1.82, 2.24) is 0 Å². The molecule has 0 saturated heterocycles. The first-order chi connectivity index (χ1) is 10.2. The van der Waals surface area contributed by atoms with Gasteiger partial charge < -0.3 is 0 Å². The van der Waals surface area contributed by atoms with Gasteiger partial charge in [-0.2, -0.15) is 0 Å². The van der Waals surface area contributed by atoms with Crippen LogP contribution >= 0.6 is 0 Å². The standard InChI is InChI=1S/C14H8F2N4Se/c15-10-4-8(6-17)5-11(16)9(10)7-18-12-2-1-3-13-14(12)20-21-19-13/h1-5,18H,7H2. The maximum atomic E-state index is 13.8. The number of nitrogens with zero attached hydrogens (tertiary/aromatic N) is 3. The van der Waals surface area contributed by atoms with Gasteiger partial charge in [0, 0.05) is 0 Å². The summed E-state index contributed by atoms with van der Waals surface area (Å²) >= 11 is -0.162. The minimum atomic E-state index is -0.738. The van der Waals surface area contributed by atoms with Crippen molar-refractivity contribution >= 4 is 31.6 Å². The van der Waals surface area contributed by atoms with E-state index in [0.717, 1.165) is 23.5 Å². The fourth-order valence-electron chi connectivity index (χ4n) is 1.97. The summed E-state index contributed by atoms with van der Waals surface area (Å²) in [5.41, 5.74) is 2.07. The molecule has 2 aromatic carbocycles. The van der Waals surface area contributed by atoms with Crippen LogP contribution in [-0.4, -0.2) is 14.6 Å². The molecule has 1 aliphatic rings. The number of hydrogen-bond acceptors (Lipinski definition) is 4. The molecule has 0 bridgehead atoms. The van der Waals surface area contributed by atoms with Gasteiger partial charge in [0.2, 0.25) is 0 Å². The average Bonchev–Trinajstić information content (AvgIpc) is 2.95. The summed E-state index contributed by atoms with van der Waals surface area (Å²) in [5, 5.41) is 11.6. The monoisotopic (exact) mass is 350 g/mol. The Morgan fingerprint density at radius 3 is 2.67 bits per heavy atom. The fourth-order valence-corrected chi connectivity index (χ4v) is 3.12. The summed E-state index contributed by atoms with van der Waals surface area (Å²) < 4.78 is 36.1. The van der Waals surface area contributed by atoms with Crippen LogP contribution in [0.25, 0.3) is 0 Å². The van der Waals surface area contributed by atoms with Crippen molar-refractivity contribution < 1.29 is 8.78 Å². The van der Waals surface area contributed by atoms with Gasteiger partial charge in [0.15, 0.2) is 0 Å². The number of halogens is 2. The molecule has 0 amide bonds. The predicted molar refractivity (Wildman–Crippen MR) is 74.8 cm³/mol. The topological polar surface area (TPSA) is 60.5 Å². The predicted octanol–water partition coefficient (Wildman–Crippen LogP) is 3.80. The zero-order valence-corrected chi connectivity index (χ0v) is 12.3. The van der Waals surface area contributed by atoms with Gasteiger partial charge in [0.1, 0.15) is 0 Å². The summed E-state index contributed by atoms with van der Waals surface area (Å²) in [7, 11) is 0. The Balaban J connectivity index is 1.86. The molecule has 4 nitrogen and oxygen atoms in total.